The minimum absolute atomic E-state index is 0.0670. The van der Waals surface area contributed by atoms with Crippen LogP contribution in [0.5, 0.6) is 0 Å². The number of aliphatic imine (C=N–C) groups is 1. The third kappa shape index (κ3) is 2.09. The van der Waals surface area contributed by atoms with Gasteiger partial charge in [0.2, 0.25) is 5.90 Å². The van der Waals surface area contributed by atoms with Crippen molar-refractivity contribution in [2.24, 2.45) is 4.99 Å². The van der Waals surface area contributed by atoms with E-state index in [-0.39, 0.29) is 12.1 Å². The van der Waals surface area contributed by atoms with Crippen molar-refractivity contribution < 1.29 is 4.74 Å². The summed E-state index contributed by atoms with van der Waals surface area (Å²) >= 11 is 0. The van der Waals surface area contributed by atoms with E-state index in [4.69, 9.17) is 4.74 Å². The molecule has 0 spiro atoms. The second-order valence-corrected chi connectivity index (χ2v) is 3.66. The Morgan fingerprint density at radius 2 is 2.00 bits per heavy atom. The molecule has 0 saturated heterocycles. The summed E-state index contributed by atoms with van der Waals surface area (Å²) in [5, 5.41) is 0. The molecule has 2 nitrogen and oxygen atoms in total. The number of allylic oxidation sites excluding steroid dienone is 1. The van der Waals surface area contributed by atoms with Gasteiger partial charge in [-0.2, -0.15) is 0 Å². The highest BCUT2D eigenvalue weighted by molar-refractivity contribution is 5.89. The Hall–Kier alpha value is -1.57. The highest BCUT2D eigenvalue weighted by Gasteiger charge is 2.27. The molecule has 0 N–H and O–H groups in total. The Morgan fingerprint density at radius 3 is 2.67 bits per heavy atom. The Morgan fingerprint density at radius 1 is 1.27 bits per heavy atom. The average Bonchev–Trinajstić information content (AvgIpc) is 2.61. The van der Waals surface area contributed by atoms with Gasteiger partial charge in [0.1, 0.15) is 6.10 Å². The zero-order valence-electron chi connectivity index (χ0n) is 9.05. The number of hydrogen-bond acceptors (Lipinski definition) is 2. The summed E-state index contributed by atoms with van der Waals surface area (Å²) in [6, 6.07) is 10.4. The summed E-state index contributed by atoms with van der Waals surface area (Å²) < 4.78 is 5.76. The van der Waals surface area contributed by atoms with E-state index in [9.17, 15) is 0 Å². The summed E-state index contributed by atoms with van der Waals surface area (Å²) in [5.41, 5.74) is 1.19. The van der Waals surface area contributed by atoms with E-state index in [1.807, 2.05) is 37.3 Å². The molecule has 0 aromatic heterocycles. The van der Waals surface area contributed by atoms with E-state index < -0.39 is 0 Å². The molecule has 1 aliphatic rings. The van der Waals surface area contributed by atoms with Gasteiger partial charge in [-0.1, -0.05) is 36.4 Å². The number of ether oxygens (including phenoxy) is 1. The van der Waals surface area contributed by atoms with Gasteiger partial charge in [0, 0.05) is 0 Å². The van der Waals surface area contributed by atoms with Gasteiger partial charge in [0.15, 0.2) is 0 Å². The molecule has 0 aliphatic carbocycles. The molecule has 2 rings (SSSR count). The predicted octanol–water partition coefficient (Wildman–Crippen LogP) is 3.12. The molecule has 0 saturated carbocycles. The molecule has 1 heterocycles. The second-order valence-electron chi connectivity index (χ2n) is 3.66. The van der Waals surface area contributed by atoms with Crippen LogP contribution in [-0.4, -0.2) is 11.9 Å². The van der Waals surface area contributed by atoms with Crippen LogP contribution >= 0.6 is 0 Å². The lowest BCUT2D eigenvalue weighted by molar-refractivity contribution is 0.203. The van der Waals surface area contributed by atoms with Gasteiger partial charge in [-0.25, -0.2) is 4.99 Å². The molecule has 1 aliphatic heterocycles. The molecule has 0 radical (unpaired) electrons. The number of nitrogens with zero attached hydrogens (tertiary/aromatic N) is 1. The van der Waals surface area contributed by atoms with Crippen molar-refractivity contribution in [3.05, 3.63) is 48.0 Å². The molecule has 1 aromatic carbocycles. The molecule has 78 valence electrons. The van der Waals surface area contributed by atoms with Gasteiger partial charge < -0.3 is 4.74 Å². The number of rotatable bonds is 2. The van der Waals surface area contributed by atoms with Crippen LogP contribution in [0.15, 0.2) is 47.5 Å². The first-order valence-corrected chi connectivity index (χ1v) is 5.23. The Balaban J connectivity index is 2.16. The Labute approximate surface area is 90.3 Å². The number of hydrogen-bond donors (Lipinski definition) is 0. The van der Waals surface area contributed by atoms with Crippen LogP contribution in [-0.2, 0) is 4.74 Å². The molecule has 0 fully saturated rings. The SMILES string of the molecule is C/C=C/C1=N[C@H](C)[C@@H](c2ccccc2)O1. The first-order valence-electron chi connectivity index (χ1n) is 5.23. The second kappa shape index (κ2) is 4.30. The molecule has 1 aromatic rings. The Bertz CT molecular complexity index is 381. The molecule has 2 atom stereocenters. The fourth-order valence-electron chi connectivity index (χ4n) is 1.74. The zero-order chi connectivity index (χ0) is 10.7. The Kier molecular flexibility index (Phi) is 2.86. The van der Waals surface area contributed by atoms with Crippen molar-refractivity contribution in [1.29, 1.82) is 0 Å². The lowest BCUT2D eigenvalue weighted by atomic mass is 10.0. The van der Waals surface area contributed by atoms with Gasteiger partial charge in [0.05, 0.1) is 6.04 Å². The highest BCUT2D eigenvalue weighted by atomic mass is 16.5. The summed E-state index contributed by atoms with van der Waals surface area (Å²) in [6.45, 7) is 4.04. The fraction of sp³-hybridized carbons (Fsp3) is 0.308. The topological polar surface area (TPSA) is 21.6 Å². The predicted molar refractivity (Wildman–Crippen MR) is 62.0 cm³/mol. The van der Waals surface area contributed by atoms with Gasteiger partial charge in [0.25, 0.3) is 0 Å². The maximum atomic E-state index is 5.76. The van der Waals surface area contributed by atoms with Crippen LogP contribution in [0.2, 0.25) is 0 Å². The van der Waals surface area contributed by atoms with Gasteiger partial charge in [-0.15, -0.1) is 0 Å². The third-order valence-electron chi connectivity index (χ3n) is 2.45. The minimum atomic E-state index is 0.0670. The van der Waals surface area contributed by atoms with Gasteiger partial charge in [-0.05, 0) is 25.5 Å². The van der Waals surface area contributed by atoms with Crippen LogP contribution in [0, 0.1) is 0 Å². The lowest BCUT2D eigenvalue weighted by Gasteiger charge is -2.14. The lowest BCUT2D eigenvalue weighted by Crippen LogP contribution is -2.10. The molecule has 0 amide bonds. The fourth-order valence-corrected chi connectivity index (χ4v) is 1.74. The largest absolute Gasteiger partial charge is 0.467 e. The van der Waals surface area contributed by atoms with E-state index >= 15 is 0 Å². The van der Waals surface area contributed by atoms with Crippen LogP contribution in [0.3, 0.4) is 0 Å². The highest BCUT2D eigenvalue weighted by Crippen LogP contribution is 2.28. The van der Waals surface area contributed by atoms with Gasteiger partial charge >= 0.3 is 0 Å². The maximum Gasteiger partial charge on any atom is 0.209 e. The van der Waals surface area contributed by atoms with Gasteiger partial charge in [-0.3, -0.25) is 0 Å². The molecule has 15 heavy (non-hydrogen) atoms. The first-order chi connectivity index (χ1) is 7.31. The van der Waals surface area contributed by atoms with Crippen molar-refractivity contribution in [2.45, 2.75) is 26.0 Å². The van der Waals surface area contributed by atoms with Crippen LogP contribution in [0.1, 0.15) is 25.5 Å². The molecule has 0 bridgehead atoms. The van der Waals surface area contributed by atoms with E-state index in [1.165, 1.54) is 5.56 Å². The van der Waals surface area contributed by atoms with Crippen molar-refractivity contribution >= 4 is 5.90 Å². The van der Waals surface area contributed by atoms with Crippen molar-refractivity contribution in [3.63, 3.8) is 0 Å². The maximum absolute atomic E-state index is 5.76. The van der Waals surface area contributed by atoms with Crippen LogP contribution < -0.4 is 0 Å². The van der Waals surface area contributed by atoms with E-state index in [2.05, 4.69) is 24.0 Å². The van der Waals surface area contributed by atoms with Crippen molar-refractivity contribution in [2.75, 3.05) is 0 Å². The van der Waals surface area contributed by atoms with Crippen LogP contribution in [0.25, 0.3) is 0 Å². The average molecular weight is 201 g/mol. The number of benzene rings is 1. The summed E-state index contributed by atoms with van der Waals surface area (Å²) in [4.78, 5) is 4.44. The first kappa shape index (κ1) is 9.97. The van der Waals surface area contributed by atoms with Crippen molar-refractivity contribution in [1.82, 2.24) is 0 Å². The summed E-state index contributed by atoms with van der Waals surface area (Å²) in [5.74, 6) is 0.735. The summed E-state index contributed by atoms with van der Waals surface area (Å²) in [7, 11) is 0. The summed E-state index contributed by atoms with van der Waals surface area (Å²) in [6.07, 6.45) is 3.91. The molecular formula is C13H15NO. The zero-order valence-corrected chi connectivity index (χ0v) is 9.05. The van der Waals surface area contributed by atoms with E-state index in [0.29, 0.717) is 0 Å². The normalized spacial score (nSPS) is 25.3. The smallest absolute Gasteiger partial charge is 0.209 e. The third-order valence-corrected chi connectivity index (χ3v) is 2.45. The molecule has 2 heteroatoms. The standard InChI is InChI=1S/C13H15NO/c1-3-7-12-14-10(2)13(15-12)11-8-5-4-6-9-11/h3-10,13H,1-2H3/b7-3+/t10-,13+/m1/s1. The monoisotopic (exact) mass is 201 g/mol. The van der Waals surface area contributed by atoms with E-state index in [0.717, 1.165) is 5.90 Å². The molecular weight excluding hydrogens is 186 g/mol. The molecule has 0 unspecified atom stereocenters. The van der Waals surface area contributed by atoms with Crippen molar-refractivity contribution in [3.8, 4) is 0 Å². The van der Waals surface area contributed by atoms with Crippen LogP contribution in [0.4, 0.5) is 0 Å². The van der Waals surface area contributed by atoms with E-state index in [1.54, 1.807) is 0 Å². The minimum Gasteiger partial charge on any atom is -0.467 e. The quantitative estimate of drug-likeness (QED) is 0.720.